The highest BCUT2D eigenvalue weighted by Gasteiger charge is 2.07. The van der Waals surface area contributed by atoms with Crippen LogP contribution in [-0.2, 0) is 16.0 Å². The van der Waals surface area contributed by atoms with Crippen molar-refractivity contribution in [3.05, 3.63) is 28.8 Å². The lowest BCUT2D eigenvalue weighted by atomic mass is 10.4. The molecule has 0 aliphatic carbocycles. The summed E-state index contributed by atoms with van der Waals surface area (Å²) < 4.78 is 7.12. The zero-order valence-corrected chi connectivity index (χ0v) is 9.56. The highest BCUT2D eigenvalue weighted by atomic mass is 79.9. The van der Waals surface area contributed by atoms with E-state index >= 15 is 0 Å². The molecule has 2 aromatic heterocycles. The van der Waals surface area contributed by atoms with Crippen molar-refractivity contribution < 1.29 is 9.53 Å². The second kappa shape index (κ2) is 3.98. The number of hydrogen-bond donors (Lipinski definition) is 0. The van der Waals surface area contributed by atoms with E-state index < -0.39 is 0 Å². The van der Waals surface area contributed by atoms with Crippen molar-refractivity contribution in [3.8, 4) is 0 Å². The summed E-state index contributed by atoms with van der Waals surface area (Å²) in [7, 11) is 1.34. The minimum absolute atomic E-state index is 0.0856. The Labute approximate surface area is 94.2 Å². The Balaban J connectivity index is 2.35. The molecule has 0 aliphatic heterocycles. The Bertz CT molecular complexity index is 509. The van der Waals surface area contributed by atoms with Crippen LogP contribution in [0.2, 0.25) is 0 Å². The van der Waals surface area contributed by atoms with Crippen molar-refractivity contribution in [2.75, 3.05) is 7.11 Å². The van der Waals surface area contributed by atoms with Crippen molar-refractivity contribution >= 4 is 27.4 Å². The van der Waals surface area contributed by atoms with Gasteiger partial charge in [0.25, 0.3) is 0 Å². The zero-order chi connectivity index (χ0) is 10.8. The van der Waals surface area contributed by atoms with E-state index in [1.807, 2.05) is 6.07 Å². The van der Waals surface area contributed by atoms with E-state index in [0.717, 1.165) is 9.99 Å². The Hall–Kier alpha value is -1.43. The molecule has 0 saturated carbocycles. The third kappa shape index (κ3) is 1.99. The third-order valence-corrected chi connectivity index (χ3v) is 2.61. The maximum absolute atomic E-state index is 11.0. The van der Waals surface area contributed by atoms with Crippen LogP contribution in [0.3, 0.4) is 0 Å². The average Bonchev–Trinajstić information content (AvgIpc) is 2.60. The van der Waals surface area contributed by atoms with Gasteiger partial charge < -0.3 is 4.74 Å². The standard InChI is InChI=1S/C9H8BrN3O2/c1-15-9(14)4-8-11-5-7-6(10)2-3-13(7)12-8/h2-3,5H,4H2,1H3. The summed E-state index contributed by atoms with van der Waals surface area (Å²) in [6, 6.07) is 1.87. The lowest BCUT2D eigenvalue weighted by molar-refractivity contribution is -0.139. The summed E-state index contributed by atoms with van der Waals surface area (Å²) in [5.74, 6) is 0.0954. The van der Waals surface area contributed by atoms with Gasteiger partial charge in [0.2, 0.25) is 0 Å². The molecule has 0 unspecified atom stereocenters. The summed E-state index contributed by atoms with van der Waals surface area (Å²) in [5.41, 5.74) is 0.864. The molecule has 6 heteroatoms. The van der Waals surface area contributed by atoms with Gasteiger partial charge in [0, 0.05) is 10.7 Å². The van der Waals surface area contributed by atoms with Crippen LogP contribution in [0.5, 0.6) is 0 Å². The largest absolute Gasteiger partial charge is 0.469 e. The highest BCUT2D eigenvalue weighted by Crippen LogP contribution is 2.16. The molecule has 0 bridgehead atoms. The topological polar surface area (TPSA) is 56.5 Å². The summed E-state index contributed by atoms with van der Waals surface area (Å²) in [5, 5.41) is 4.16. The molecule has 0 N–H and O–H groups in total. The number of carbonyl (C=O) groups is 1. The Kier molecular flexibility index (Phi) is 2.68. The molecule has 0 aromatic carbocycles. The van der Waals surface area contributed by atoms with Crippen LogP contribution < -0.4 is 0 Å². The first-order valence-corrected chi connectivity index (χ1v) is 5.05. The maximum atomic E-state index is 11.0. The normalized spacial score (nSPS) is 10.5. The number of nitrogens with zero attached hydrogens (tertiary/aromatic N) is 3. The van der Waals surface area contributed by atoms with Crippen LogP contribution in [0.15, 0.2) is 22.9 Å². The molecule has 5 nitrogen and oxygen atoms in total. The molecule has 0 atom stereocenters. The number of rotatable bonds is 2. The number of ether oxygens (including phenoxy) is 1. The first-order valence-electron chi connectivity index (χ1n) is 4.26. The zero-order valence-electron chi connectivity index (χ0n) is 7.98. The van der Waals surface area contributed by atoms with Gasteiger partial charge in [-0.3, -0.25) is 4.79 Å². The van der Waals surface area contributed by atoms with Gasteiger partial charge in [-0.15, -0.1) is 0 Å². The van der Waals surface area contributed by atoms with Gasteiger partial charge in [-0.05, 0) is 22.0 Å². The second-order valence-electron chi connectivity index (χ2n) is 2.92. The highest BCUT2D eigenvalue weighted by molar-refractivity contribution is 9.10. The predicted octanol–water partition coefficient (Wildman–Crippen LogP) is 1.21. The number of aromatic nitrogens is 3. The van der Waals surface area contributed by atoms with Crippen molar-refractivity contribution in [1.29, 1.82) is 0 Å². The van der Waals surface area contributed by atoms with E-state index in [0.29, 0.717) is 5.82 Å². The Morgan fingerprint density at radius 2 is 2.47 bits per heavy atom. The molecule has 78 valence electrons. The summed E-state index contributed by atoms with van der Waals surface area (Å²) in [6.07, 6.45) is 3.54. The quantitative estimate of drug-likeness (QED) is 0.769. The molecule has 0 amide bonds. The Morgan fingerprint density at radius 1 is 1.67 bits per heavy atom. The van der Waals surface area contributed by atoms with E-state index in [9.17, 15) is 4.79 Å². The molecule has 2 rings (SSSR count). The Morgan fingerprint density at radius 3 is 3.20 bits per heavy atom. The lowest BCUT2D eigenvalue weighted by Gasteiger charge is -1.99. The van der Waals surface area contributed by atoms with Crippen molar-refractivity contribution in [2.24, 2.45) is 0 Å². The van der Waals surface area contributed by atoms with E-state index in [1.165, 1.54) is 7.11 Å². The monoisotopic (exact) mass is 269 g/mol. The van der Waals surface area contributed by atoms with Crippen molar-refractivity contribution in [1.82, 2.24) is 14.6 Å². The van der Waals surface area contributed by atoms with Gasteiger partial charge in [-0.25, -0.2) is 9.50 Å². The third-order valence-electron chi connectivity index (χ3n) is 1.94. The number of halogens is 1. The maximum Gasteiger partial charge on any atom is 0.313 e. The van der Waals surface area contributed by atoms with Gasteiger partial charge >= 0.3 is 5.97 Å². The fourth-order valence-electron chi connectivity index (χ4n) is 1.19. The van der Waals surface area contributed by atoms with Gasteiger partial charge in [0.1, 0.15) is 6.42 Å². The molecule has 15 heavy (non-hydrogen) atoms. The van der Waals surface area contributed by atoms with Crippen LogP contribution in [0.4, 0.5) is 0 Å². The van der Waals surface area contributed by atoms with Gasteiger partial charge in [0.05, 0.1) is 18.8 Å². The minimum atomic E-state index is -0.347. The summed E-state index contributed by atoms with van der Waals surface area (Å²) in [4.78, 5) is 15.1. The molecular weight excluding hydrogens is 262 g/mol. The van der Waals surface area contributed by atoms with Crippen LogP contribution in [0.1, 0.15) is 5.82 Å². The molecule has 2 heterocycles. The minimum Gasteiger partial charge on any atom is -0.469 e. The van der Waals surface area contributed by atoms with Gasteiger partial charge in [-0.2, -0.15) is 5.10 Å². The van der Waals surface area contributed by atoms with Crippen LogP contribution in [-0.4, -0.2) is 27.7 Å². The molecule has 0 aliphatic rings. The fraction of sp³-hybridized carbons (Fsp3) is 0.222. The number of fused-ring (bicyclic) bond motifs is 1. The summed E-state index contributed by atoms with van der Waals surface area (Å²) >= 11 is 3.36. The second-order valence-corrected chi connectivity index (χ2v) is 3.78. The predicted molar refractivity (Wildman–Crippen MR) is 56.4 cm³/mol. The smallest absolute Gasteiger partial charge is 0.313 e. The van der Waals surface area contributed by atoms with Crippen LogP contribution in [0, 0.1) is 0 Å². The van der Waals surface area contributed by atoms with E-state index in [2.05, 4.69) is 30.7 Å². The van der Waals surface area contributed by atoms with Crippen molar-refractivity contribution in [2.45, 2.75) is 6.42 Å². The van der Waals surface area contributed by atoms with Crippen LogP contribution in [0.25, 0.3) is 5.52 Å². The van der Waals surface area contributed by atoms with Gasteiger partial charge in [-0.1, -0.05) is 0 Å². The molecular formula is C9H8BrN3O2. The first-order chi connectivity index (χ1) is 7.20. The lowest BCUT2D eigenvalue weighted by Crippen LogP contribution is -2.09. The number of hydrogen-bond acceptors (Lipinski definition) is 4. The number of esters is 1. The van der Waals surface area contributed by atoms with Crippen molar-refractivity contribution in [3.63, 3.8) is 0 Å². The molecule has 0 saturated heterocycles. The molecule has 0 fully saturated rings. The molecule has 0 spiro atoms. The average molecular weight is 270 g/mol. The van der Waals surface area contributed by atoms with E-state index in [4.69, 9.17) is 0 Å². The number of carbonyl (C=O) groups excluding carboxylic acids is 1. The SMILES string of the molecule is COC(=O)Cc1ncc2c(Br)ccn2n1. The molecule has 2 aromatic rings. The van der Waals surface area contributed by atoms with Gasteiger partial charge in [0.15, 0.2) is 5.82 Å². The first kappa shape index (κ1) is 10.1. The van der Waals surface area contributed by atoms with E-state index in [-0.39, 0.29) is 12.4 Å². The fourth-order valence-corrected chi connectivity index (χ4v) is 1.59. The molecule has 0 radical (unpaired) electrons. The van der Waals surface area contributed by atoms with Crippen LogP contribution >= 0.6 is 15.9 Å². The number of methoxy groups -OCH3 is 1. The van der Waals surface area contributed by atoms with E-state index in [1.54, 1.807) is 16.9 Å². The summed E-state index contributed by atoms with van der Waals surface area (Å²) in [6.45, 7) is 0.